The maximum absolute atomic E-state index is 2.57. The lowest BCUT2D eigenvalue weighted by atomic mass is 10.0. The molecule has 1 fully saturated rings. The third-order valence-corrected chi connectivity index (χ3v) is 4.64. The molecule has 0 aliphatic carbocycles. The molecular formula is C7H15IN+. The number of halogens is 1. The molecule has 54 valence electrons. The van der Waals surface area contributed by atoms with Crippen molar-refractivity contribution in [2.45, 2.75) is 32.7 Å². The van der Waals surface area contributed by atoms with Crippen LogP contribution < -0.4 is 0 Å². The smallest absolute Gasteiger partial charge is 0.249 e. The van der Waals surface area contributed by atoms with Gasteiger partial charge in [0, 0.05) is 6.42 Å². The first kappa shape index (κ1) is 7.79. The van der Waals surface area contributed by atoms with Crippen LogP contribution in [0.25, 0.3) is 0 Å². The molecule has 0 aromatic rings. The number of quaternary nitrogens is 1. The zero-order valence-corrected chi connectivity index (χ0v) is 8.60. The molecule has 0 bridgehead atoms. The van der Waals surface area contributed by atoms with E-state index in [0.717, 1.165) is 0 Å². The van der Waals surface area contributed by atoms with E-state index >= 15 is 0 Å². The molecule has 1 rings (SSSR count). The topological polar surface area (TPSA) is 0 Å². The minimum absolute atomic E-state index is 0.457. The Hall–Kier alpha value is 0.690. The molecule has 1 nitrogen and oxygen atoms in total. The van der Waals surface area contributed by atoms with E-state index in [-0.39, 0.29) is 0 Å². The lowest BCUT2D eigenvalue weighted by Gasteiger charge is -2.48. The van der Waals surface area contributed by atoms with Crippen molar-refractivity contribution in [3.05, 3.63) is 0 Å². The molecule has 0 amide bonds. The summed E-state index contributed by atoms with van der Waals surface area (Å²) in [5.74, 6) is 0. The van der Waals surface area contributed by atoms with E-state index in [0.29, 0.717) is 5.54 Å². The molecule has 0 saturated carbocycles. The van der Waals surface area contributed by atoms with Crippen LogP contribution in [0.4, 0.5) is 0 Å². The minimum Gasteiger partial charge on any atom is -0.263 e. The van der Waals surface area contributed by atoms with Crippen molar-refractivity contribution >= 4 is 22.9 Å². The molecule has 1 heterocycles. The Labute approximate surface area is 71.5 Å². The third kappa shape index (κ3) is 1.24. The first-order chi connectivity index (χ1) is 3.96. The van der Waals surface area contributed by atoms with Crippen molar-refractivity contribution in [2.24, 2.45) is 0 Å². The van der Waals surface area contributed by atoms with Crippen molar-refractivity contribution in [3.63, 3.8) is 0 Å². The van der Waals surface area contributed by atoms with Crippen molar-refractivity contribution < 1.29 is 2.70 Å². The van der Waals surface area contributed by atoms with Gasteiger partial charge in [-0.05, 0) is 20.8 Å². The third-order valence-electron chi connectivity index (χ3n) is 2.23. The van der Waals surface area contributed by atoms with Crippen LogP contribution in [-0.2, 0) is 0 Å². The number of hydrogen-bond donors (Lipinski definition) is 0. The van der Waals surface area contributed by atoms with Crippen molar-refractivity contribution in [3.8, 4) is 0 Å². The molecule has 2 heteroatoms. The first-order valence-electron chi connectivity index (χ1n) is 3.53. The Kier molecular flexibility index (Phi) is 1.81. The molecule has 0 atom stereocenters. The number of nitrogens with zero attached hydrogens (tertiary/aromatic N) is 1. The summed E-state index contributed by atoms with van der Waals surface area (Å²) in [5.41, 5.74) is 0.457. The van der Waals surface area contributed by atoms with Gasteiger partial charge in [0.1, 0.15) is 0 Å². The largest absolute Gasteiger partial charge is 0.263 e. The summed E-state index contributed by atoms with van der Waals surface area (Å²) in [5, 5.41) is 0. The summed E-state index contributed by atoms with van der Waals surface area (Å²) < 4.78 is 1.24. The van der Waals surface area contributed by atoms with E-state index in [1.807, 2.05) is 0 Å². The van der Waals surface area contributed by atoms with E-state index < -0.39 is 0 Å². The Morgan fingerprint density at radius 2 is 1.67 bits per heavy atom. The summed E-state index contributed by atoms with van der Waals surface area (Å²) in [7, 11) is 0. The predicted octanol–water partition coefficient (Wildman–Crippen LogP) is 2.36. The van der Waals surface area contributed by atoms with Crippen molar-refractivity contribution in [2.75, 3.05) is 13.1 Å². The van der Waals surface area contributed by atoms with Gasteiger partial charge in [-0.3, -0.25) is 2.70 Å². The summed E-state index contributed by atoms with van der Waals surface area (Å²) in [6.45, 7) is 9.68. The van der Waals surface area contributed by atoms with E-state index in [9.17, 15) is 0 Å². The maximum atomic E-state index is 2.57. The van der Waals surface area contributed by atoms with E-state index in [4.69, 9.17) is 0 Å². The minimum atomic E-state index is 0.457. The van der Waals surface area contributed by atoms with Crippen LogP contribution in [0.3, 0.4) is 0 Å². The molecule has 0 spiro atoms. The second-order valence-electron chi connectivity index (χ2n) is 3.83. The van der Waals surface area contributed by atoms with Crippen LogP contribution in [0.1, 0.15) is 27.2 Å². The molecule has 1 aliphatic rings. The van der Waals surface area contributed by atoms with Gasteiger partial charge in [-0.25, -0.2) is 0 Å². The van der Waals surface area contributed by atoms with Crippen LogP contribution in [-0.4, -0.2) is 21.3 Å². The average molecular weight is 240 g/mol. The van der Waals surface area contributed by atoms with E-state index in [1.54, 1.807) is 0 Å². The Bertz CT molecular complexity index is 111. The standard InChI is InChI=1S/C7H15IN/c1-7(2,3)9(8)5-4-6-9/h4-6H2,1-3H3/q+1. The fourth-order valence-electron chi connectivity index (χ4n) is 1.11. The monoisotopic (exact) mass is 240 g/mol. The first-order valence-corrected chi connectivity index (χ1v) is 4.49. The quantitative estimate of drug-likeness (QED) is 0.450. The second kappa shape index (κ2) is 2.09. The molecule has 1 aliphatic heterocycles. The molecule has 0 aromatic heterocycles. The fraction of sp³-hybridized carbons (Fsp3) is 1.00. The van der Waals surface area contributed by atoms with Gasteiger partial charge in [0.05, 0.1) is 18.6 Å². The zero-order chi connectivity index (χ0) is 7.12. The maximum Gasteiger partial charge on any atom is 0.249 e. The van der Waals surface area contributed by atoms with Crippen molar-refractivity contribution in [1.29, 1.82) is 0 Å². The van der Waals surface area contributed by atoms with E-state index in [1.165, 1.54) is 22.2 Å². The Balaban J connectivity index is 2.59. The predicted molar refractivity (Wildman–Crippen MR) is 48.4 cm³/mol. The summed E-state index contributed by atoms with van der Waals surface area (Å²) in [6.07, 6.45) is 1.42. The van der Waals surface area contributed by atoms with Crippen LogP contribution >= 0.6 is 22.9 Å². The molecule has 0 radical (unpaired) electrons. The Morgan fingerprint density at radius 3 is 1.67 bits per heavy atom. The average Bonchev–Trinajstić information content (AvgIpc) is 1.57. The van der Waals surface area contributed by atoms with Gasteiger partial charge in [0.25, 0.3) is 0 Å². The highest BCUT2D eigenvalue weighted by atomic mass is 127. The summed E-state index contributed by atoms with van der Waals surface area (Å²) in [6, 6.07) is 0. The highest BCUT2D eigenvalue weighted by Gasteiger charge is 2.44. The summed E-state index contributed by atoms with van der Waals surface area (Å²) in [4.78, 5) is 0. The normalized spacial score (nSPS) is 25.3. The molecule has 1 saturated heterocycles. The van der Waals surface area contributed by atoms with Gasteiger partial charge in [-0.15, -0.1) is 0 Å². The molecule has 9 heavy (non-hydrogen) atoms. The lowest BCUT2D eigenvalue weighted by molar-refractivity contribution is -0.845. The fourth-order valence-corrected chi connectivity index (χ4v) is 1.79. The number of likely N-dealkylation sites (tertiary alicyclic amines) is 1. The SMILES string of the molecule is CC(C)(C)[N+]1(I)CCC1. The highest BCUT2D eigenvalue weighted by Crippen LogP contribution is 2.37. The van der Waals surface area contributed by atoms with Gasteiger partial charge < -0.3 is 0 Å². The highest BCUT2D eigenvalue weighted by molar-refractivity contribution is 14.1. The van der Waals surface area contributed by atoms with Gasteiger partial charge in [0.2, 0.25) is 22.9 Å². The number of rotatable bonds is 0. The zero-order valence-electron chi connectivity index (χ0n) is 6.45. The van der Waals surface area contributed by atoms with Crippen LogP contribution in [0, 0.1) is 0 Å². The molecule has 0 unspecified atom stereocenters. The van der Waals surface area contributed by atoms with Crippen LogP contribution in [0.2, 0.25) is 0 Å². The lowest BCUT2D eigenvalue weighted by Crippen LogP contribution is -2.60. The number of hydrogen-bond acceptors (Lipinski definition) is 0. The molecule has 0 N–H and O–H groups in total. The van der Waals surface area contributed by atoms with Gasteiger partial charge in [-0.1, -0.05) is 0 Å². The van der Waals surface area contributed by atoms with E-state index in [2.05, 4.69) is 43.6 Å². The van der Waals surface area contributed by atoms with Crippen LogP contribution in [0.5, 0.6) is 0 Å². The Morgan fingerprint density at radius 1 is 1.22 bits per heavy atom. The van der Waals surface area contributed by atoms with Gasteiger partial charge in [-0.2, -0.15) is 0 Å². The molecule has 0 aromatic carbocycles. The van der Waals surface area contributed by atoms with Crippen LogP contribution in [0.15, 0.2) is 0 Å². The van der Waals surface area contributed by atoms with Gasteiger partial charge in [0.15, 0.2) is 0 Å². The van der Waals surface area contributed by atoms with Gasteiger partial charge >= 0.3 is 0 Å². The molecular weight excluding hydrogens is 225 g/mol. The summed E-state index contributed by atoms with van der Waals surface area (Å²) >= 11 is 2.57. The second-order valence-corrected chi connectivity index (χ2v) is 5.68. The van der Waals surface area contributed by atoms with Crippen molar-refractivity contribution in [1.82, 2.24) is 0 Å².